The molecular formula is C9H6BrN3O2S. The van der Waals surface area contributed by atoms with Crippen LogP contribution in [0.2, 0.25) is 0 Å². The highest BCUT2D eigenvalue weighted by Gasteiger charge is 2.17. The number of nitro groups is 1. The van der Waals surface area contributed by atoms with Crippen molar-refractivity contribution in [2.45, 2.75) is 0 Å². The van der Waals surface area contributed by atoms with Gasteiger partial charge in [-0.2, -0.15) is 0 Å². The first-order valence-corrected chi connectivity index (χ1v) is 5.91. The van der Waals surface area contributed by atoms with Gasteiger partial charge in [-0.05, 0) is 27.4 Å². The van der Waals surface area contributed by atoms with Gasteiger partial charge < -0.3 is 5.73 Å². The number of hydrogen-bond acceptors (Lipinski definition) is 5. The Labute approximate surface area is 103 Å². The molecule has 0 atom stereocenters. The van der Waals surface area contributed by atoms with Crippen LogP contribution in [0.25, 0.3) is 10.6 Å². The van der Waals surface area contributed by atoms with Crippen LogP contribution in [0.15, 0.2) is 28.1 Å². The average molecular weight is 300 g/mol. The molecule has 0 bridgehead atoms. The van der Waals surface area contributed by atoms with E-state index in [4.69, 9.17) is 5.73 Å². The summed E-state index contributed by atoms with van der Waals surface area (Å²) in [4.78, 5) is 15.0. The van der Waals surface area contributed by atoms with E-state index in [9.17, 15) is 10.1 Å². The number of hydrogen-bond donors (Lipinski definition) is 1. The molecule has 82 valence electrons. The van der Waals surface area contributed by atoms with Crippen LogP contribution in [-0.2, 0) is 0 Å². The van der Waals surface area contributed by atoms with Gasteiger partial charge in [0.1, 0.15) is 0 Å². The number of rotatable bonds is 2. The SMILES string of the molecule is Nc1nc(-c2cccs2)c(Br)cc1[N+](=O)[O-]. The summed E-state index contributed by atoms with van der Waals surface area (Å²) in [6, 6.07) is 5.13. The van der Waals surface area contributed by atoms with Crippen molar-refractivity contribution in [3.63, 3.8) is 0 Å². The minimum absolute atomic E-state index is 0.0726. The Morgan fingerprint density at radius 1 is 1.56 bits per heavy atom. The Hall–Kier alpha value is -1.47. The van der Waals surface area contributed by atoms with E-state index in [1.54, 1.807) is 0 Å². The molecule has 0 aliphatic heterocycles. The van der Waals surface area contributed by atoms with Gasteiger partial charge in [0.25, 0.3) is 0 Å². The lowest BCUT2D eigenvalue weighted by Gasteiger charge is -2.03. The minimum Gasteiger partial charge on any atom is -0.378 e. The van der Waals surface area contributed by atoms with Crippen LogP contribution in [0.5, 0.6) is 0 Å². The Morgan fingerprint density at radius 2 is 2.31 bits per heavy atom. The zero-order valence-corrected chi connectivity index (χ0v) is 10.3. The predicted octanol–water partition coefficient (Wildman–Crippen LogP) is 3.06. The molecule has 0 saturated carbocycles. The molecule has 2 aromatic rings. The molecule has 0 aromatic carbocycles. The number of nitrogens with zero attached hydrogens (tertiary/aromatic N) is 2. The molecule has 0 spiro atoms. The van der Waals surface area contributed by atoms with E-state index in [0.717, 1.165) is 4.88 Å². The maximum Gasteiger partial charge on any atom is 0.312 e. The normalized spacial score (nSPS) is 10.3. The van der Waals surface area contributed by atoms with Crippen molar-refractivity contribution >= 4 is 38.8 Å². The summed E-state index contributed by atoms with van der Waals surface area (Å²) in [5.74, 6) is -0.0726. The fraction of sp³-hybridized carbons (Fsp3) is 0. The third kappa shape index (κ3) is 1.91. The number of halogens is 1. The molecule has 0 radical (unpaired) electrons. The highest BCUT2D eigenvalue weighted by Crippen LogP contribution is 2.34. The van der Waals surface area contributed by atoms with Crippen molar-refractivity contribution in [2.75, 3.05) is 5.73 Å². The zero-order valence-electron chi connectivity index (χ0n) is 7.88. The molecular weight excluding hydrogens is 294 g/mol. The first-order valence-electron chi connectivity index (χ1n) is 4.24. The van der Waals surface area contributed by atoms with Gasteiger partial charge in [-0.25, -0.2) is 4.98 Å². The molecule has 0 amide bonds. The maximum absolute atomic E-state index is 10.6. The second kappa shape index (κ2) is 4.18. The van der Waals surface area contributed by atoms with Crippen LogP contribution in [0.3, 0.4) is 0 Å². The summed E-state index contributed by atoms with van der Waals surface area (Å²) in [6.45, 7) is 0. The highest BCUT2D eigenvalue weighted by atomic mass is 79.9. The molecule has 0 aliphatic rings. The van der Waals surface area contributed by atoms with E-state index in [2.05, 4.69) is 20.9 Å². The molecule has 7 heteroatoms. The Balaban J connectivity index is 2.59. The molecule has 0 aliphatic carbocycles. The van der Waals surface area contributed by atoms with Crippen molar-refractivity contribution in [3.05, 3.63) is 38.2 Å². The molecule has 5 nitrogen and oxygen atoms in total. The summed E-state index contributed by atoms with van der Waals surface area (Å²) >= 11 is 4.75. The van der Waals surface area contributed by atoms with Crippen molar-refractivity contribution in [2.24, 2.45) is 0 Å². The highest BCUT2D eigenvalue weighted by molar-refractivity contribution is 9.10. The topological polar surface area (TPSA) is 82.0 Å². The molecule has 0 saturated heterocycles. The molecule has 0 unspecified atom stereocenters. The van der Waals surface area contributed by atoms with Crippen LogP contribution in [0, 0.1) is 10.1 Å². The second-order valence-corrected chi connectivity index (χ2v) is 4.76. The summed E-state index contributed by atoms with van der Waals surface area (Å²) in [5, 5.41) is 12.5. The lowest BCUT2D eigenvalue weighted by atomic mass is 10.3. The lowest BCUT2D eigenvalue weighted by molar-refractivity contribution is -0.384. The van der Waals surface area contributed by atoms with Crippen molar-refractivity contribution < 1.29 is 4.92 Å². The summed E-state index contributed by atoms with van der Waals surface area (Å²) in [6.07, 6.45) is 0. The first kappa shape index (κ1) is 11.0. The van der Waals surface area contributed by atoms with Crippen molar-refractivity contribution in [3.8, 4) is 10.6 Å². The Kier molecular flexibility index (Phi) is 2.88. The molecule has 2 aromatic heterocycles. The van der Waals surface area contributed by atoms with Gasteiger partial charge in [-0.3, -0.25) is 10.1 Å². The number of thiophene rings is 1. The van der Waals surface area contributed by atoms with Gasteiger partial charge >= 0.3 is 5.69 Å². The smallest absolute Gasteiger partial charge is 0.312 e. The molecule has 2 rings (SSSR count). The number of aromatic nitrogens is 1. The van der Waals surface area contributed by atoms with Gasteiger partial charge in [-0.15, -0.1) is 11.3 Å². The van der Waals surface area contributed by atoms with E-state index in [0.29, 0.717) is 10.2 Å². The van der Waals surface area contributed by atoms with Gasteiger partial charge in [0, 0.05) is 6.07 Å². The van der Waals surface area contributed by atoms with Crippen LogP contribution < -0.4 is 5.73 Å². The fourth-order valence-electron chi connectivity index (χ4n) is 1.23. The second-order valence-electron chi connectivity index (χ2n) is 2.96. The van der Waals surface area contributed by atoms with Gasteiger partial charge in [-0.1, -0.05) is 6.07 Å². The van der Waals surface area contributed by atoms with Gasteiger partial charge in [0.05, 0.1) is 20.0 Å². The zero-order chi connectivity index (χ0) is 11.7. The Morgan fingerprint density at radius 3 is 2.88 bits per heavy atom. The number of anilines is 1. The number of nitrogens with two attached hydrogens (primary N) is 1. The van der Waals surface area contributed by atoms with Crippen LogP contribution in [0.4, 0.5) is 11.5 Å². The first-order chi connectivity index (χ1) is 7.59. The summed E-state index contributed by atoms with van der Waals surface area (Å²) in [7, 11) is 0. The van der Waals surface area contributed by atoms with E-state index in [1.165, 1.54) is 17.4 Å². The van der Waals surface area contributed by atoms with E-state index in [1.807, 2.05) is 17.5 Å². The van der Waals surface area contributed by atoms with E-state index < -0.39 is 4.92 Å². The maximum atomic E-state index is 10.6. The third-order valence-corrected chi connectivity index (χ3v) is 3.42. The summed E-state index contributed by atoms with van der Waals surface area (Å²) < 4.78 is 0.566. The van der Waals surface area contributed by atoms with Crippen molar-refractivity contribution in [1.29, 1.82) is 0 Å². The van der Waals surface area contributed by atoms with Crippen LogP contribution >= 0.6 is 27.3 Å². The van der Waals surface area contributed by atoms with Crippen LogP contribution in [0.1, 0.15) is 0 Å². The monoisotopic (exact) mass is 299 g/mol. The van der Waals surface area contributed by atoms with Crippen LogP contribution in [-0.4, -0.2) is 9.91 Å². The largest absolute Gasteiger partial charge is 0.378 e. The molecule has 2 heterocycles. The fourth-order valence-corrected chi connectivity index (χ4v) is 2.60. The van der Waals surface area contributed by atoms with Crippen molar-refractivity contribution in [1.82, 2.24) is 4.98 Å². The lowest BCUT2D eigenvalue weighted by Crippen LogP contribution is -1.99. The quantitative estimate of drug-likeness (QED) is 0.682. The summed E-state index contributed by atoms with van der Waals surface area (Å²) in [5.41, 5.74) is 5.96. The van der Waals surface area contributed by atoms with E-state index in [-0.39, 0.29) is 11.5 Å². The molecule has 0 fully saturated rings. The number of pyridine rings is 1. The average Bonchev–Trinajstić information content (AvgIpc) is 2.73. The predicted molar refractivity (Wildman–Crippen MR) is 66.3 cm³/mol. The van der Waals surface area contributed by atoms with Gasteiger partial charge in [0.2, 0.25) is 5.82 Å². The van der Waals surface area contributed by atoms with E-state index >= 15 is 0 Å². The third-order valence-electron chi connectivity index (χ3n) is 1.94. The molecule has 16 heavy (non-hydrogen) atoms. The number of nitrogen functional groups attached to an aromatic ring is 1. The van der Waals surface area contributed by atoms with Gasteiger partial charge in [0.15, 0.2) is 0 Å². The molecule has 2 N–H and O–H groups in total. The Bertz CT molecular complexity index is 542. The standard InChI is InChI=1S/C9H6BrN3O2S/c10-5-4-6(13(14)15)9(11)12-8(5)7-2-1-3-16-7/h1-4H,(H2,11,12). The minimum atomic E-state index is -0.550.